The molecule has 0 bridgehead atoms. The minimum absolute atomic E-state index is 0.242. The maximum absolute atomic E-state index is 12.0. The summed E-state index contributed by atoms with van der Waals surface area (Å²) in [7, 11) is 1.57. The summed E-state index contributed by atoms with van der Waals surface area (Å²) < 4.78 is 5.34. The molecular formula is C18H22N2O3S. The number of hydrogen-bond acceptors (Lipinski definition) is 4. The first-order chi connectivity index (χ1) is 11.5. The topological polar surface area (TPSA) is 67.4 Å². The average Bonchev–Trinajstić information content (AvgIpc) is 3.10. The van der Waals surface area contributed by atoms with Gasteiger partial charge in [0.2, 0.25) is 0 Å². The zero-order valence-corrected chi connectivity index (χ0v) is 14.9. The lowest BCUT2D eigenvalue weighted by Crippen LogP contribution is -2.37. The molecule has 128 valence electrons. The number of carbonyl (C=O) groups excluding carboxylic acids is 2. The Morgan fingerprint density at radius 3 is 2.33 bits per heavy atom. The van der Waals surface area contributed by atoms with Gasteiger partial charge >= 0.3 is 11.8 Å². The molecule has 2 aromatic rings. The van der Waals surface area contributed by atoms with Gasteiger partial charge in [-0.25, -0.2) is 0 Å². The summed E-state index contributed by atoms with van der Waals surface area (Å²) in [5.41, 5.74) is 2.75. The number of amides is 2. The molecule has 2 amide bonds. The summed E-state index contributed by atoms with van der Waals surface area (Å²) in [4.78, 5) is 23.9. The Balaban J connectivity index is 1.86. The third kappa shape index (κ3) is 4.91. The lowest BCUT2D eigenvalue weighted by atomic mass is 10.0. The highest BCUT2D eigenvalue weighted by molar-refractivity contribution is 7.07. The molecule has 0 aliphatic carbocycles. The van der Waals surface area contributed by atoms with Gasteiger partial charge in [0.25, 0.3) is 0 Å². The normalized spacial score (nSPS) is 12.0. The number of carbonyl (C=O) groups is 2. The number of anilines is 1. The van der Waals surface area contributed by atoms with Crippen molar-refractivity contribution in [3.8, 4) is 0 Å². The molecule has 5 nitrogen and oxygen atoms in total. The monoisotopic (exact) mass is 346 g/mol. The average molecular weight is 346 g/mol. The third-order valence-corrected chi connectivity index (χ3v) is 4.39. The van der Waals surface area contributed by atoms with E-state index >= 15 is 0 Å². The number of thiophene rings is 1. The highest BCUT2D eigenvalue weighted by atomic mass is 32.1. The van der Waals surface area contributed by atoms with Crippen LogP contribution in [0.3, 0.4) is 0 Å². The molecule has 1 aromatic carbocycles. The first-order valence-corrected chi connectivity index (χ1v) is 8.69. The van der Waals surface area contributed by atoms with E-state index in [4.69, 9.17) is 4.74 Å². The van der Waals surface area contributed by atoms with Gasteiger partial charge in [-0.05, 0) is 46.0 Å². The second-order valence-corrected chi connectivity index (χ2v) is 6.50. The summed E-state index contributed by atoms with van der Waals surface area (Å²) in [6.07, 6.45) is -0.265. The van der Waals surface area contributed by atoms with Crippen molar-refractivity contribution in [1.82, 2.24) is 5.32 Å². The maximum Gasteiger partial charge on any atom is 0.313 e. The van der Waals surface area contributed by atoms with Crippen LogP contribution < -0.4 is 10.6 Å². The first-order valence-electron chi connectivity index (χ1n) is 7.75. The highest BCUT2D eigenvalue weighted by Gasteiger charge is 2.17. The minimum atomic E-state index is -0.688. The quantitative estimate of drug-likeness (QED) is 0.789. The molecule has 2 rings (SSSR count). The molecular weight excluding hydrogens is 324 g/mol. The van der Waals surface area contributed by atoms with Crippen LogP contribution in [0.15, 0.2) is 41.1 Å². The van der Waals surface area contributed by atoms with Crippen LogP contribution in [0.1, 0.15) is 37.0 Å². The molecule has 1 atom stereocenters. The first kappa shape index (κ1) is 18.2. The largest absolute Gasteiger partial charge is 0.375 e. The fourth-order valence-corrected chi connectivity index (χ4v) is 2.90. The van der Waals surface area contributed by atoms with E-state index in [0.29, 0.717) is 11.6 Å². The molecule has 1 unspecified atom stereocenters. The van der Waals surface area contributed by atoms with Gasteiger partial charge < -0.3 is 15.4 Å². The Morgan fingerprint density at radius 1 is 1.08 bits per heavy atom. The van der Waals surface area contributed by atoms with Crippen molar-refractivity contribution in [3.63, 3.8) is 0 Å². The zero-order chi connectivity index (χ0) is 17.5. The molecule has 1 heterocycles. The molecule has 0 radical (unpaired) electrons. The van der Waals surface area contributed by atoms with E-state index in [1.54, 1.807) is 30.6 Å². The summed E-state index contributed by atoms with van der Waals surface area (Å²) >= 11 is 1.56. The number of methoxy groups -OCH3 is 1. The van der Waals surface area contributed by atoms with Crippen LogP contribution in [0.5, 0.6) is 0 Å². The Bertz CT molecular complexity index is 666. The summed E-state index contributed by atoms with van der Waals surface area (Å²) in [5, 5.41) is 9.09. The third-order valence-electron chi connectivity index (χ3n) is 3.69. The Hall–Kier alpha value is -2.18. The van der Waals surface area contributed by atoms with E-state index < -0.39 is 11.8 Å². The van der Waals surface area contributed by atoms with Crippen molar-refractivity contribution in [2.75, 3.05) is 19.0 Å². The van der Waals surface area contributed by atoms with Gasteiger partial charge in [-0.3, -0.25) is 9.59 Å². The Labute approximate surface area is 146 Å². The second kappa shape index (κ2) is 8.61. The van der Waals surface area contributed by atoms with Gasteiger partial charge in [0.15, 0.2) is 0 Å². The smallest absolute Gasteiger partial charge is 0.313 e. The van der Waals surface area contributed by atoms with Crippen LogP contribution in [-0.4, -0.2) is 25.5 Å². The fraction of sp³-hybridized carbons (Fsp3) is 0.333. The summed E-state index contributed by atoms with van der Waals surface area (Å²) in [6.45, 7) is 4.44. The van der Waals surface area contributed by atoms with Crippen LogP contribution in [0.2, 0.25) is 0 Å². The Morgan fingerprint density at radius 2 is 1.79 bits per heavy atom. The van der Waals surface area contributed by atoms with E-state index in [-0.39, 0.29) is 12.6 Å². The molecule has 0 saturated heterocycles. The van der Waals surface area contributed by atoms with E-state index in [1.165, 1.54) is 5.56 Å². The molecule has 0 aliphatic heterocycles. The van der Waals surface area contributed by atoms with Crippen molar-refractivity contribution >= 4 is 28.8 Å². The van der Waals surface area contributed by atoms with Crippen LogP contribution in [0.4, 0.5) is 5.69 Å². The predicted molar refractivity (Wildman–Crippen MR) is 96.2 cm³/mol. The molecule has 0 spiro atoms. The number of rotatable bonds is 6. The second-order valence-electron chi connectivity index (χ2n) is 5.72. The van der Waals surface area contributed by atoms with Gasteiger partial charge in [0.1, 0.15) is 6.10 Å². The van der Waals surface area contributed by atoms with Gasteiger partial charge in [0.05, 0.1) is 0 Å². The van der Waals surface area contributed by atoms with Crippen molar-refractivity contribution in [2.24, 2.45) is 0 Å². The van der Waals surface area contributed by atoms with Crippen molar-refractivity contribution < 1.29 is 14.3 Å². The molecule has 1 aromatic heterocycles. The number of nitrogens with one attached hydrogen (secondary N) is 2. The molecule has 2 N–H and O–H groups in total. The molecule has 0 aliphatic rings. The highest BCUT2D eigenvalue weighted by Crippen LogP contribution is 2.19. The van der Waals surface area contributed by atoms with Gasteiger partial charge in [0, 0.05) is 19.3 Å². The lowest BCUT2D eigenvalue weighted by Gasteiger charge is -2.15. The molecule has 24 heavy (non-hydrogen) atoms. The molecule has 0 saturated carbocycles. The SMILES string of the molecule is COC(CNC(=O)C(=O)Nc1ccc(C(C)C)cc1)c1ccsc1. The fourth-order valence-electron chi connectivity index (χ4n) is 2.20. The number of benzene rings is 1. The number of ether oxygens (including phenoxy) is 1. The lowest BCUT2D eigenvalue weighted by molar-refractivity contribution is -0.136. The number of hydrogen-bond donors (Lipinski definition) is 2. The van der Waals surface area contributed by atoms with E-state index in [9.17, 15) is 9.59 Å². The van der Waals surface area contributed by atoms with E-state index in [1.807, 2.05) is 29.0 Å². The minimum Gasteiger partial charge on any atom is -0.375 e. The summed E-state index contributed by atoms with van der Waals surface area (Å²) in [6, 6.07) is 9.40. The van der Waals surface area contributed by atoms with Crippen molar-refractivity contribution in [1.29, 1.82) is 0 Å². The summed E-state index contributed by atoms with van der Waals surface area (Å²) in [5.74, 6) is -0.950. The standard InChI is InChI=1S/C18H22N2O3S/c1-12(2)13-4-6-15(7-5-13)20-18(22)17(21)19-10-16(23-3)14-8-9-24-11-14/h4-9,11-12,16H,10H2,1-3H3,(H,19,21)(H,20,22). The molecule has 6 heteroatoms. The maximum atomic E-state index is 12.0. The van der Waals surface area contributed by atoms with Gasteiger partial charge in [-0.15, -0.1) is 0 Å². The van der Waals surface area contributed by atoms with Crippen molar-refractivity contribution in [2.45, 2.75) is 25.9 Å². The van der Waals surface area contributed by atoms with Crippen LogP contribution in [0, 0.1) is 0 Å². The van der Waals surface area contributed by atoms with Crippen LogP contribution in [-0.2, 0) is 14.3 Å². The zero-order valence-electron chi connectivity index (χ0n) is 14.0. The van der Waals surface area contributed by atoms with E-state index in [2.05, 4.69) is 24.5 Å². The Kier molecular flexibility index (Phi) is 6.52. The van der Waals surface area contributed by atoms with Crippen LogP contribution in [0.25, 0.3) is 0 Å². The van der Waals surface area contributed by atoms with Crippen molar-refractivity contribution in [3.05, 3.63) is 52.2 Å². The molecule has 0 fully saturated rings. The predicted octanol–water partition coefficient (Wildman–Crippen LogP) is 3.31. The van der Waals surface area contributed by atoms with Crippen LogP contribution >= 0.6 is 11.3 Å². The van der Waals surface area contributed by atoms with Gasteiger partial charge in [-0.1, -0.05) is 26.0 Å². The van der Waals surface area contributed by atoms with Gasteiger partial charge in [-0.2, -0.15) is 11.3 Å². The van der Waals surface area contributed by atoms with E-state index in [0.717, 1.165) is 5.56 Å².